The van der Waals surface area contributed by atoms with Crippen LogP contribution < -0.4 is 9.47 Å². The quantitative estimate of drug-likeness (QED) is 0.186. The normalized spacial score (nSPS) is 14.6. The Kier molecular flexibility index (Phi) is 8.64. The van der Waals surface area contributed by atoms with Crippen LogP contribution in [0.2, 0.25) is 10.0 Å². The third kappa shape index (κ3) is 6.33. The lowest BCUT2D eigenvalue weighted by atomic mass is 10.1. The maximum absolute atomic E-state index is 13.0. The fourth-order valence-corrected chi connectivity index (χ4v) is 5.06. The molecule has 0 bridgehead atoms. The number of halogens is 3. The molecule has 0 saturated carbocycles. The summed E-state index contributed by atoms with van der Waals surface area (Å²) in [7, 11) is 0. The number of carbonyl (C=O) groups is 2. The minimum absolute atomic E-state index is 0.218. The largest absolute Gasteiger partial charge is 0.490 e. The number of nitrogens with zero attached hydrogens (tertiary/aromatic N) is 1. The number of amides is 2. The summed E-state index contributed by atoms with van der Waals surface area (Å²) in [6.07, 6.45) is 1.64. The SMILES string of the molecule is CCOc1cc(/C=C2\SC(=O)N(Cc3ccc(I)cc3)C2=O)cc(Cl)c1OCc1ccccc1Cl. The Morgan fingerprint density at radius 3 is 2.46 bits per heavy atom. The Hall–Kier alpha value is -2.20. The van der Waals surface area contributed by atoms with E-state index >= 15 is 0 Å². The lowest BCUT2D eigenvalue weighted by molar-refractivity contribution is -0.123. The molecule has 2 amide bonds. The van der Waals surface area contributed by atoms with Crippen LogP contribution in [-0.4, -0.2) is 22.7 Å². The average Bonchev–Trinajstić information content (AvgIpc) is 3.08. The van der Waals surface area contributed by atoms with Gasteiger partial charge in [-0.15, -0.1) is 0 Å². The summed E-state index contributed by atoms with van der Waals surface area (Å²) in [5, 5.41) is 0.613. The molecule has 0 atom stereocenters. The van der Waals surface area contributed by atoms with Gasteiger partial charge in [-0.25, -0.2) is 0 Å². The molecule has 0 aliphatic carbocycles. The van der Waals surface area contributed by atoms with Gasteiger partial charge in [-0.05, 0) is 88.8 Å². The molecule has 1 aliphatic rings. The van der Waals surface area contributed by atoms with Crippen LogP contribution >= 0.6 is 57.6 Å². The summed E-state index contributed by atoms with van der Waals surface area (Å²) in [4.78, 5) is 27.1. The number of rotatable bonds is 8. The van der Waals surface area contributed by atoms with E-state index in [2.05, 4.69) is 22.6 Å². The lowest BCUT2D eigenvalue weighted by Crippen LogP contribution is -2.27. The number of hydrogen-bond donors (Lipinski definition) is 0. The monoisotopic (exact) mass is 639 g/mol. The molecule has 5 nitrogen and oxygen atoms in total. The van der Waals surface area contributed by atoms with E-state index in [1.54, 1.807) is 24.3 Å². The zero-order valence-corrected chi connectivity index (χ0v) is 23.1. The first-order chi connectivity index (χ1) is 16.9. The van der Waals surface area contributed by atoms with Crippen molar-refractivity contribution >= 4 is 74.8 Å². The molecule has 0 radical (unpaired) electrons. The zero-order valence-electron chi connectivity index (χ0n) is 18.6. The molecule has 4 rings (SSSR count). The Bertz CT molecular complexity index is 1300. The summed E-state index contributed by atoms with van der Waals surface area (Å²) in [6, 6.07) is 18.5. The smallest absolute Gasteiger partial charge is 0.293 e. The number of ether oxygens (including phenoxy) is 2. The van der Waals surface area contributed by atoms with Crippen molar-refractivity contribution in [1.82, 2.24) is 4.90 Å². The van der Waals surface area contributed by atoms with Crippen molar-refractivity contribution in [3.8, 4) is 11.5 Å². The van der Waals surface area contributed by atoms with Crippen LogP contribution in [-0.2, 0) is 17.9 Å². The molecule has 0 aromatic heterocycles. The molecule has 1 saturated heterocycles. The second-order valence-corrected chi connectivity index (χ2v) is 10.6. The molecule has 1 aliphatic heterocycles. The van der Waals surface area contributed by atoms with E-state index in [0.717, 1.165) is 26.5 Å². The highest BCUT2D eigenvalue weighted by Gasteiger charge is 2.35. The number of imide groups is 1. The maximum Gasteiger partial charge on any atom is 0.293 e. The summed E-state index contributed by atoms with van der Waals surface area (Å²) >= 11 is 15.9. The zero-order chi connectivity index (χ0) is 24.9. The van der Waals surface area contributed by atoms with Crippen molar-refractivity contribution in [2.75, 3.05) is 6.61 Å². The van der Waals surface area contributed by atoms with Gasteiger partial charge in [-0.1, -0.05) is 53.5 Å². The molecule has 1 heterocycles. The number of hydrogen-bond acceptors (Lipinski definition) is 5. The average molecular weight is 640 g/mol. The molecule has 0 unspecified atom stereocenters. The fourth-order valence-electron chi connectivity index (χ4n) is 3.40. The van der Waals surface area contributed by atoms with Crippen molar-refractivity contribution in [3.05, 3.63) is 95.9 Å². The highest BCUT2D eigenvalue weighted by atomic mass is 127. The summed E-state index contributed by atoms with van der Waals surface area (Å²) in [6.45, 7) is 2.69. The number of benzene rings is 3. The summed E-state index contributed by atoms with van der Waals surface area (Å²) in [5.41, 5.74) is 2.33. The van der Waals surface area contributed by atoms with Crippen molar-refractivity contribution < 1.29 is 19.1 Å². The van der Waals surface area contributed by atoms with E-state index in [9.17, 15) is 9.59 Å². The molecular formula is C26H20Cl2INO4S. The van der Waals surface area contributed by atoms with Crippen LogP contribution in [0.25, 0.3) is 6.08 Å². The van der Waals surface area contributed by atoms with E-state index < -0.39 is 0 Å². The highest BCUT2D eigenvalue weighted by Crippen LogP contribution is 2.40. The van der Waals surface area contributed by atoms with Gasteiger partial charge >= 0.3 is 0 Å². The standard InChI is InChI=1S/C26H20Cl2INO4S/c1-2-33-22-12-17(11-21(28)24(22)34-15-18-5-3-4-6-20(18)27)13-23-25(31)30(26(32)35-23)14-16-7-9-19(29)10-8-16/h3-13H,2,14-15H2,1H3/b23-13-. The topological polar surface area (TPSA) is 55.8 Å². The first-order valence-corrected chi connectivity index (χ1v) is 13.3. The lowest BCUT2D eigenvalue weighted by Gasteiger charge is -2.15. The molecule has 1 fully saturated rings. The molecular weight excluding hydrogens is 620 g/mol. The van der Waals surface area contributed by atoms with E-state index in [1.807, 2.05) is 49.4 Å². The summed E-state index contributed by atoms with van der Waals surface area (Å²) < 4.78 is 12.8. The second-order valence-electron chi connectivity index (χ2n) is 7.54. The first kappa shape index (κ1) is 25.9. The van der Waals surface area contributed by atoms with Crippen LogP contribution in [0, 0.1) is 3.57 Å². The predicted molar refractivity (Wildman–Crippen MR) is 149 cm³/mol. The van der Waals surface area contributed by atoms with Crippen molar-refractivity contribution in [2.45, 2.75) is 20.1 Å². The van der Waals surface area contributed by atoms with Gasteiger partial charge in [0.25, 0.3) is 11.1 Å². The Morgan fingerprint density at radius 1 is 1.00 bits per heavy atom. The van der Waals surface area contributed by atoms with Crippen molar-refractivity contribution in [2.24, 2.45) is 0 Å². The first-order valence-electron chi connectivity index (χ1n) is 10.7. The van der Waals surface area contributed by atoms with Gasteiger partial charge in [0, 0.05) is 14.2 Å². The van der Waals surface area contributed by atoms with Crippen molar-refractivity contribution in [1.29, 1.82) is 0 Å². The van der Waals surface area contributed by atoms with Gasteiger partial charge in [-0.3, -0.25) is 14.5 Å². The van der Waals surface area contributed by atoms with Crippen LogP contribution in [0.4, 0.5) is 4.79 Å². The number of carbonyl (C=O) groups excluding carboxylic acids is 2. The van der Waals surface area contributed by atoms with Crippen LogP contribution in [0.15, 0.2) is 65.6 Å². The van der Waals surface area contributed by atoms with Crippen LogP contribution in [0.5, 0.6) is 11.5 Å². The minimum Gasteiger partial charge on any atom is -0.490 e. The molecule has 3 aromatic rings. The van der Waals surface area contributed by atoms with Gasteiger partial charge in [0.15, 0.2) is 11.5 Å². The van der Waals surface area contributed by atoms with Crippen LogP contribution in [0.1, 0.15) is 23.6 Å². The minimum atomic E-state index is -0.341. The van der Waals surface area contributed by atoms with Gasteiger partial charge in [0.1, 0.15) is 6.61 Å². The third-order valence-corrected chi connectivity index (χ3v) is 7.36. The Labute approximate surface area is 231 Å². The molecule has 9 heteroatoms. The molecule has 3 aromatic carbocycles. The molecule has 180 valence electrons. The second kappa shape index (κ2) is 11.7. The van der Waals surface area contributed by atoms with Crippen LogP contribution in [0.3, 0.4) is 0 Å². The van der Waals surface area contributed by atoms with Gasteiger partial charge < -0.3 is 9.47 Å². The Morgan fingerprint density at radius 2 is 1.74 bits per heavy atom. The number of thioether (sulfide) groups is 1. The predicted octanol–water partition coefficient (Wildman–Crippen LogP) is 7.81. The van der Waals surface area contributed by atoms with E-state index in [0.29, 0.717) is 38.6 Å². The van der Waals surface area contributed by atoms with E-state index in [-0.39, 0.29) is 24.3 Å². The maximum atomic E-state index is 13.0. The highest BCUT2D eigenvalue weighted by molar-refractivity contribution is 14.1. The molecule has 0 N–H and O–H groups in total. The van der Waals surface area contributed by atoms with Gasteiger partial charge in [-0.2, -0.15) is 0 Å². The summed E-state index contributed by atoms with van der Waals surface area (Å²) in [5.74, 6) is 0.487. The van der Waals surface area contributed by atoms with Gasteiger partial charge in [0.05, 0.1) is 23.1 Å². The van der Waals surface area contributed by atoms with Gasteiger partial charge in [0.2, 0.25) is 0 Å². The Balaban J connectivity index is 1.55. The molecule has 35 heavy (non-hydrogen) atoms. The van der Waals surface area contributed by atoms with E-state index in [1.165, 1.54) is 4.90 Å². The van der Waals surface area contributed by atoms with Crippen molar-refractivity contribution in [3.63, 3.8) is 0 Å². The third-order valence-electron chi connectivity index (χ3n) is 5.09. The molecule has 0 spiro atoms. The van der Waals surface area contributed by atoms with E-state index in [4.69, 9.17) is 32.7 Å². The fraction of sp³-hybridized carbons (Fsp3) is 0.154.